The van der Waals surface area contributed by atoms with Crippen LogP contribution in [0, 0.1) is 5.92 Å². The summed E-state index contributed by atoms with van der Waals surface area (Å²) in [7, 11) is 3.24. The Labute approximate surface area is 206 Å². The van der Waals surface area contributed by atoms with Crippen molar-refractivity contribution in [1.82, 2.24) is 9.80 Å². The van der Waals surface area contributed by atoms with Crippen molar-refractivity contribution in [2.45, 2.75) is 39.2 Å². The number of halogens is 1. The monoisotopic (exact) mass is 487 g/mol. The number of hydrogen-bond donors (Lipinski definition) is 1. The molecular formula is C26H34ClN3O4. The SMILES string of the molecule is CCN(C)C(=O)Oc1cccc(CN2CCC(CCC(=O)c3cc(Cl)c(N)cc3OC)CC2)c1. The van der Waals surface area contributed by atoms with Crippen LogP contribution in [0.25, 0.3) is 0 Å². The fraction of sp³-hybridized carbons (Fsp3) is 0.462. The molecule has 0 aliphatic carbocycles. The Balaban J connectivity index is 1.47. The first-order valence-corrected chi connectivity index (χ1v) is 12.1. The van der Waals surface area contributed by atoms with Gasteiger partial charge in [-0.2, -0.15) is 0 Å². The number of rotatable bonds is 9. The van der Waals surface area contributed by atoms with E-state index in [0.29, 0.717) is 46.7 Å². The Morgan fingerprint density at radius 2 is 1.94 bits per heavy atom. The van der Waals surface area contributed by atoms with Crippen LogP contribution >= 0.6 is 11.6 Å². The van der Waals surface area contributed by atoms with Gasteiger partial charge in [0.15, 0.2) is 5.78 Å². The van der Waals surface area contributed by atoms with Crippen LogP contribution in [0.5, 0.6) is 11.5 Å². The van der Waals surface area contributed by atoms with E-state index in [0.717, 1.165) is 44.5 Å². The van der Waals surface area contributed by atoms with Gasteiger partial charge >= 0.3 is 6.09 Å². The number of piperidine rings is 1. The van der Waals surface area contributed by atoms with Gasteiger partial charge in [-0.1, -0.05) is 23.7 Å². The molecule has 0 spiro atoms. The minimum atomic E-state index is -0.353. The van der Waals surface area contributed by atoms with Crippen LogP contribution in [0.1, 0.15) is 48.5 Å². The number of carbonyl (C=O) groups is 2. The summed E-state index contributed by atoms with van der Waals surface area (Å²) >= 11 is 6.11. The van der Waals surface area contributed by atoms with Gasteiger partial charge in [0.1, 0.15) is 11.5 Å². The van der Waals surface area contributed by atoms with Crippen LogP contribution in [-0.4, -0.2) is 55.5 Å². The average molecular weight is 488 g/mol. The summed E-state index contributed by atoms with van der Waals surface area (Å²) < 4.78 is 10.8. The molecule has 1 aliphatic rings. The van der Waals surface area contributed by atoms with E-state index in [1.54, 1.807) is 25.2 Å². The quantitative estimate of drug-likeness (QED) is 0.383. The number of hydrogen-bond acceptors (Lipinski definition) is 6. The number of carbonyl (C=O) groups excluding carboxylic acids is 2. The van der Waals surface area contributed by atoms with Crippen LogP contribution < -0.4 is 15.2 Å². The van der Waals surface area contributed by atoms with E-state index in [4.69, 9.17) is 26.8 Å². The second kappa shape index (κ2) is 12.1. The number of amides is 1. The number of likely N-dealkylation sites (tertiary alicyclic amines) is 1. The van der Waals surface area contributed by atoms with E-state index in [2.05, 4.69) is 11.0 Å². The maximum absolute atomic E-state index is 12.8. The lowest BCUT2D eigenvalue weighted by atomic mass is 9.90. The van der Waals surface area contributed by atoms with Crippen molar-refractivity contribution in [3.63, 3.8) is 0 Å². The predicted octanol–water partition coefficient (Wildman–Crippen LogP) is 5.26. The van der Waals surface area contributed by atoms with Gasteiger partial charge in [-0.15, -0.1) is 0 Å². The van der Waals surface area contributed by atoms with Gasteiger partial charge in [-0.25, -0.2) is 4.79 Å². The summed E-state index contributed by atoms with van der Waals surface area (Å²) in [4.78, 5) is 28.7. The number of methoxy groups -OCH3 is 1. The maximum Gasteiger partial charge on any atom is 0.414 e. The largest absolute Gasteiger partial charge is 0.496 e. The van der Waals surface area contributed by atoms with E-state index in [-0.39, 0.29) is 11.9 Å². The molecule has 34 heavy (non-hydrogen) atoms. The van der Waals surface area contributed by atoms with Gasteiger partial charge in [0.25, 0.3) is 0 Å². The molecule has 2 N–H and O–H groups in total. The number of nitrogens with two attached hydrogens (primary N) is 1. The minimum absolute atomic E-state index is 0.0289. The van der Waals surface area contributed by atoms with E-state index in [9.17, 15) is 9.59 Å². The van der Waals surface area contributed by atoms with E-state index < -0.39 is 0 Å². The highest BCUT2D eigenvalue weighted by Crippen LogP contribution is 2.31. The third-order valence-corrected chi connectivity index (χ3v) is 6.73. The third-order valence-electron chi connectivity index (χ3n) is 6.40. The Kier molecular flexibility index (Phi) is 9.19. The first kappa shape index (κ1) is 25.8. The zero-order chi connectivity index (χ0) is 24.7. The highest BCUT2D eigenvalue weighted by Gasteiger charge is 2.22. The van der Waals surface area contributed by atoms with Gasteiger partial charge < -0.3 is 20.1 Å². The van der Waals surface area contributed by atoms with Crippen molar-refractivity contribution < 1.29 is 19.1 Å². The number of ketones is 1. The summed E-state index contributed by atoms with van der Waals surface area (Å²) in [5.74, 6) is 1.57. The van der Waals surface area contributed by atoms with Crippen molar-refractivity contribution in [3.05, 3.63) is 52.5 Å². The molecule has 0 atom stereocenters. The number of Topliss-reactive ketones (excluding diaryl/α,β-unsaturated/α-hetero) is 1. The smallest absolute Gasteiger partial charge is 0.414 e. The van der Waals surface area contributed by atoms with Gasteiger partial charge in [-0.3, -0.25) is 9.69 Å². The first-order valence-electron chi connectivity index (χ1n) is 11.7. The molecule has 0 saturated carbocycles. The van der Waals surface area contributed by atoms with Gasteiger partial charge in [-0.05, 0) is 69.0 Å². The number of nitrogens with zero attached hydrogens (tertiary/aromatic N) is 2. The van der Waals surface area contributed by atoms with Gasteiger partial charge in [0.05, 0.1) is 23.4 Å². The van der Waals surface area contributed by atoms with Crippen LogP contribution in [0.2, 0.25) is 5.02 Å². The van der Waals surface area contributed by atoms with E-state index in [1.807, 2.05) is 19.1 Å². The summed E-state index contributed by atoms with van der Waals surface area (Å²) in [6.07, 6.45) is 3.04. The molecule has 1 amide bonds. The molecule has 3 rings (SSSR count). The lowest BCUT2D eigenvalue weighted by Crippen LogP contribution is -2.33. The summed E-state index contributed by atoms with van der Waals surface area (Å²) in [6, 6.07) is 10.9. The zero-order valence-corrected chi connectivity index (χ0v) is 20.9. The number of anilines is 1. The molecule has 0 bridgehead atoms. The zero-order valence-electron chi connectivity index (χ0n) is 20.2. The predicted molar refractivity (Wildman–Crippen MR) is 135 cm³/mol. The summed E-state index contributed by atoms with van der Waals surface area (Å²) in [6.45, 7) is 5.25. The lowest BCUT2D eigenvalue weighted by Gasteiger charge is -2.32. The Bertz CT molecular complexity index is 1010. The van der Waals surface area contributed by atoms with Crippen molar-refractivity contribution >= 4 is 29.2 Å². The van der Waals surface area contributed by atoms with Crippen LogP contribution in [0.3, 0.4) is 0 Å². The third kappa shape index (κ3) is 6.87. The highest BCUT2D eigenvalue weighted by molar-refractivity contribution is 6.33. The average Bonchev–Trinajstić information content (AvgIpc) is 2.84. The molecule has 1 aliphatic heterocycles. The topological polar surface area (TPSA) is 85.1 Å². The van der Waals surface area contributed by atoms with Crippen LogP contribution in [0.4, 0.5) is 10.5 Å². The molecule has 2 aromatic rings. The molecule has 1 saturated heterocycles. The van der Waals surface area contributed by atoms with Crippen molar-refractivity contribution in [1.29, 1.82) is 0 Å². The Hall–Kier alpha value is -2.77. The normalized spacial score (nSPS) is 14.6. The molecule has 1 fully saturated rings. The molecule has 8 heteroatoms. The van der Waals surface area contributed by atoms with Crippen molar-refractivity contribution in [3.8, 4) is 11.5 Å². The van der Waals surface area contributed by atoms with Crippen LogP contribution in [0.15, 0.2) is 36.4 Å². The molecule has 0 unspecified atom stereocenters. The molecule has 0 aromatic heterocycles. The molecule has 1 heterocycles. The van der Waals surface area contributed by atoms with Crippen LogP contribution in [-0.2, 0) is 6.54 Å². The molecular weight excluding hydrogens is 454 g/mol. The maximum atomic E-state index is 12.8. The molecule has 7 nitrogen and oxygen atoms in total. The highest BCUT2D eigenvalue weighted by atomic mass is 35.5. The van der Waals surface area contributed by atoms with Crippen molar-refractivity contribution in [2.75, 3.05) is 39.5 Å². The Morgan fingerprint density at radius 1 is 1.21 bits per heavy atom. The van der Waals surface area contributed by atoms with Gasteiger partial charge in [0, 0.05) is 32.6 Å². The fourth-order valence-electron chi connectivity index (χ4n) is 4.13. The van der Waals surface area contributed by atoms with Gasteiger partial charge in [0.2, 0.25) is 0 Å². The fourth-order valence-corrected chi connectivity index (χ4v) is 4.30. The second-order valence-electron chi connectivity index (χ2n) is 8.78. The molecule has 2 aromatic carbocycles. The number of ether oxygens (including phenoxy) is 2. The molecule has 0 radical (unpaired) electrons. The first-order chi connectivity index (χ1) is 16.3. The molecule has 184 valence electrons. The number of nitrogen functional groups attached to an aromatic ring is 1. The Morgan fingerprint density at radius 3 is 2.62 bits per heavy atom. The lowest BCUT2D eigenvalue weighted by molar-refractivity contribution is 0.0958. The van der Waals surface area contributed by atoms with E-state index >= 15 is 0 Å². The summed E-state index contributed by atoms with van der Waals surface area (Å²) in [5.41, 5.74) is 7.83. The standard InChI is InChI=1S/C26H34ClN3O4/c1-4-29(2)26(32)34-20-7-5-6-19(14-20)17-30-12-10-18(11-13-30)8-9-24(31)21-15-22(27)23(28)16-25(21)33-3/h5-7,14-16,18H,4,8-13,17,28H2,1-3H3. The van der Waals surface area contributed by atoms with Crippen molar-refractivity contribution in [2.24, 2.45) is 5.92 Å². The summed E-state index contributed by atoms with van der Waals surface area (Å²) in [5, 5.41) is 0.369. The second-order valence-corrected chi connectivity index (χ2v) is 9.19. The minimum Gasteiger partial charge on any atom is -0.496 e. The number of benzene rings is 2. The van der Waals surface area contributed by atoms with E-state index in [1.165, 1.54) is 12.0 Å².